The fraction of sp³-hybridized carbons (Fsp3) is 0.571. The van der Waals surface area contributed by atoms with E-state index in [0.717, 1.165) is 18.7 Å². The number of hydrogen-bond donors (Lipinski definition) is 2. The monoisotopic (exact) mass is 235 g/mol. The number of hydrogen-bond acceptors (Lipinski definition) is 3. The second-order valence-electron chi connectivity index (χ2n) is 4.64. The van der Waals surface area contributed by atoms with Gasteiger partial charge in [-0.05, 0) is 43.4 Å². The number of rotatable bonds is 6. The van der Waals surface area contributed by atoms with Crippen molar-refractivity contribution < 1.29 is 9.84 Å². The predicted molar refractivity (Wildman–Crippen MR) is 68.5 cm³/mol. The van der Waals surface area contributed by atoms with Crippen molar-refractivity contribution in [3.05, 3.63) is 29.8 Å². The number of para-hydroxylation sites is 1. The van der Waals surface area contributed by atoms with Gasteiger partial charge in [-0.1, -0.05) is 18.2 Å². The van der Waals surface area contributed by atoms with Crippen molar-refractivity contribution in [2.75, 3.05) is 20.3 Å². The van der Waals surface area contributed by atoms with Crippen molar-refractivity contribution in [3.8, 4) is 5.75 Å². The molecule has 94 valence electrons. The standard InChI is InChI=1S/C14H21NO2/c1-17-14-6-3-2-5-13(14)11-9-12(10-11)15-7-4-8-16/h2-3,5-6,11-12,15-16H,4,7-10H2,1H3. The molecule has 1 aromatic carbocycles. The predicted octanol–water partition coefficient (Wildman–Crippen LogP) is 1.91. The van der Waals surface area contributed by atoms with Gasteiger partial charge in [0.1, 0.15) is 5.75 Å². The van der Waals surface area contributed by atoms with E-state index in [4.69, 9.17) is 9.84 Å². The Kier molecular flexibility index (Phi) is 4.40. The SMILES string of the molecule is COc1ccccc1C1CC(NCCCO)C1. The van der Waals surface area contributed by atoms with Gasteiger partial charge in [0.25, 0.3) is 0 Å². The van der Waals surface area contributed by atoms with Crippen LogP contribution >= 0.6 is 0 Å². The summed E-state index contributed by atoms with van der Waals surface area (Å²) in [6, 6.07) is 8.88. The molecule has 0 spiro atoms. The van der Waals surface area contributed by atoms with Crippen LogP contribution in [0, 0.1) is 0 Å². The summed E-state index contributed by atoms with van der Waals surface area (Å²) in [5, 5.41) is 12.2. The van der Waals surface area contributed by atoms with Crippen molar-refractivity contribution in [3.63, 3.8) is 0 Å². The summed E-state index contributed by atoms with van der Waals surface area (Å²) in [5.74, 6) is 1.63. The molecule has 0 aromatic heterocycles. The zero-order chi connectivity index (χ0) is 12.1. The van der Waals surface area contributed by atoms with Crippen LogP contribution in [-0.4, -0.2) is 31.4 Å². The molecule has 0 saturated heterocycles. The van der Waals surface area contributed by atoms with E-state index in [9.17, 15) is 0 Å². The average molecular weight is 235 g/mol. The van der Waals surface area contributed by atoms with Crippen LogP contribution in [0.1, 0.15) is 30.7 Å². The lowest BCUT2D eigenvalue weighted by atomic mass is 9.75. The highest BCUT2D eigenvalue weighted by Crippen LogP contribution is 2.40. The van der Waals surface area contributed by atoms with E-state index in [1.54, 1.807) is 7.11 Å². The number of methoxy groups -OCH3 is 1. The molecule has 0 unspecified atom stereocenters. The molecule has 1 fully saturated rings. The molecular weight excluding hydrogens is 214 g/mol. The smallest absolute Gasteiger partial charge is 0.122 e. The van der Waals surface area contributed by atoms with Gasteiger partial charge < -0.3 is 15.2 Å². The van der Waals surface area contributed by atoms with Crippen LogP contribution in [0.5, 0.6) is 5.75 Å². The molecule has 2 N–H and O–H groups in total. The van der Waals surface area contributed by atoms with E-state index < -0.39 is 0 Å². The van der Waals surface area contributed by atoms with Crippen molar-refractivity contribution >= 4 is 0 Å². The molecule has 0 bridgehead atoms. The van der Waals surface area contributed by atoms with Crippen molar-refractivity contribution in [1.82, 2.24) is 5.32 Å². The molecule has 1 saturated carbocycles. The molecule has 1 aliphatic rings. The lowest BCUT2D eigenvalue weighted by molar-refractivity contribution is 0.255. The molecule has 17 heavy (non-hydrogen) atoms. The van der Waals surface area contributed by atoms with E-state index in [1.165, 1.54) is 18.4 Å². The summed E-state index contributed by atoms with van der Waals surface area (Å²) in [6.45, 7) is 1.19. The van der Waals surface area contributed by atoms with E-state index >= 15 is 0 Å². The van der Waals surface area contributed by atoms with Gasteiger partial charge >= 0.3 is 0 Å². The number of aliphatic hydroxyl groups is 1. The summed E-state index contributed by atoms with van der Waals surface area (Å²) in [5.41, 5.74) is 1.33. The first-order valence-corrected chi connectivity index (χ1v) is 6.32. The minimum absolute atomic E-state index is 0.273. The third-order valence-electron chi connectivity index (χ3n) is 3.48. The summed E-state index contributed by atoms with van der Waals surface area (Å²) < 4.78 is 5.38. The average Bonchev–Trinajstić information content (AvgIpc) is 2.32. The summed E-state index contributed by atoms with van der Waals surface area (Å²) in [7, 11) is 1.73. The first-order valence-electron chi connectivity index (χ1n) is 6.32. The molecule has 0 amide bonds. The van der Waals surface area contributed by atoms with Crippen LogP contribution in [0.3, 0.4) is 0 Å². The van der Waals surface area contributed by atoms with Crippen molar-refractivity contribution in [1.29, 1.82) is 0 Å². The van der Waals surface area contributed by atoms with Gasteiger partial charge in [-0.3, -0.25) is 0 Å². The first-order chi connectivity index (χ1) is 8.35. The van der Waals surface area contributed by atoms with E-state index in [0.29, 0.717) is 12.0 Å². The minimum Gasteiger partial charge on any atom is -0.496 e. The molecule has 0 heterocycles. The molecule has 1 aliphatic carbocycles. The maximum Gasteiger partial charge on any atom is 0.122 e. The Morgan fingerprint density at radius 3 is 2.82 bits per heavy atom. The molecule has 2 rings (SSSR count). The van der Waals surface area contributed by atoms with Gasteiger partial charge in [0, 0.05) is 12.6 Å². The van der Waals surface area contributed by atoms with Crippen LogP contribution in [0.25, 0.3) is 0 Å². The van der Waals surface area contributed by atoms with Crippen LogP contribution in [0.4, 0.5) is 0 Å². The maximum atomic E-state index is 8.71. The van der Waals surface area contributed by atoms with Crippen molar-refractivity contribution in [2.45, 2.75) is 31.2 Å². The number of benzene rings is 1. The quantitative estimate of drug-likeness (QED) is 0.740. The van der Waals surface area contributed by atoms with Gasteiger partial charge in [-0.15, -0.1) is 0 Å². The third-order valence-corrected chi connectivity index (χ3v) is 3.48. The molecular formula is C14H21NO2. The zero-order valence-electron chi connectivity index (χ0n) is 10.4. The highest BCUT2D eigenvalue weighted by Gasteiger charge is 2.31. The third kappa shape index (κ3) is 2.99. The summed E-state index contributed by atoms with van der Waals surface area (Å²) >= 11 is 0. The first kappa shape index (κ1) is 12.4. The molecule has 3 nitrogen and oxygen atoms in total. The number of ether oxygens (including phenoxy) is 1. The Hall–Kier alpha value is -1.06. The summed E-state index contributed by atoms with van der Waals surface area (Å²) in [4.78, 5) is 0. The highest BCUT2D eigenvalue weighted by atomic mass is 16.5. The number of aliphatic hydroxyl groups excluding tert-OH is 1. The largest absolute Gasteiger partial charge is 0.496 e. The second-order valence-corrected chi connectivity index (χ2v) is 4.64. The van der Waals surface area contributed by atoms with E-state index in [1.807, 2.05) is 12.1 Å². The van der Waals surface area contributed by atoms with Gasteiger partial charge in [0.15, 0.2) is 0 Å². The zero-order valence-corrected chi connectivity index (χ0v) is 10.4. The lowest BCUT2D eigenvalue weighted by Crippen LogP contribution is -2.40. The van der Waals surface area contributed by atoms with Crippen LogP contribution in [-0.2, 0) is 0 Å². The van der Waals surface area contributed by atoms with Gasteiger partial charge in [-0.25, -0.2) is 0 Å². The Morgan fingerprint density at radius 1 is 1.35 bits per heavy atom. The van der Waals surface area contributed by atoms with Gasteiger partial charge in [-0.2, -0.15) is 0 Å². The molecule has 0 radical (unpaired) electrons. The van der Waals surface area contributed by atoms with Crippen molar-refractivity contribution in [2.24, 2.45) is 0 Å². The number of nitrogens with one attached hydrogen (secondary N) is 1. The Bertz CT molecular complexity index is 348. The van der Waals surface area contributed by atoms with Crippen LogP contribution in [0.15, 0.2) is 24.3 Å². The minimum atomic E-state index is 0.273. The maximum absolute atomic E-state index is 8.71. The fourth-order valence-electron chi connectivity index (χ4n) is 2.43. The van der Waals surface area contributed by atoms with E-state index in [2.05, 4.69) is 17.4 Å². The van der Waals surface area contributed by atoms with E-state index in [-0.39, 0.29) is 6.61 Å². The lowest BCUT2D eigenvalue weighted by Gasteiger charge is -2.37. The Labute approximate surface area is 103 Å². The normalized spacial score (nSPS) is 23.2. The molecule has 0 atom stereocenters. The Morgan fingerprint density at radius 2 is 2.12 bits per heavy atom. The molecule has 0 aliphatic heterocycles. The van der Waals surface area contributed by atoms with Crippen LogP contribution in [0.2, 0.25) is 0 Å². The molecule has 3 heteroatoms. The Balaban J connectivity index is 1.82. The topological polar surface area (TPSA) is 41.5 Å². The van der Waals surface area contributed by atoms with Crippen LogP contribution < -0.4 is 10.1 Å². The van der Waals surface area contributed by atoms with Gasteiger partial charge in [0.2, 0.25) is 0 Å². The highest BCUT2D eigenvalue weighted by molar-refractivity contribution is 5.37. The fourth-order valence-corrected chi connectivity index (χ4v) is 2.43. The second kappa shape index (κ2) is 6.03. The van der Waals surface area contributed by atoms with Gasteiger partial charge in [0.05, 0.1) is 7.11 Å². The molecule has 1 aromatic rings. The summed E-state index contributed by atoms with van der Waals surface area (Å²) in [6.07, 6.45) is 3.19.